The Morgan fingerprint density at radius 3 is 2.52 bits per heavy atom. The van der Waals surface area contributed by atoms with Crippen molar-refractivity contribution in [2.45, 2.75) is 13.0 Å². The molecule has 3 N–H and O–H groups in total. The number of para-hydroxylation sites is 1. The lowest BCUT2D eigenvalue weighted by molar-refractivity contribution is -0.123. The molecule has 2 aromatic carbocycles. The molecule has 0 saturated heterocycles. The Kier molecular flexibility index (Phi) is 6.47. The van der Waals surface area contributed by atoms with Crippen LogP contribution >= 0.6 is 0 Å². The van der Waals surface area contributed by atoms with E-state index < -0.39 is 23.8 Å². The maximum atomic E-state index is 12.9. The van der Waals surface area contributed by atoms with Crippen molar-refractivity contribution in [1.82, 2.24) is 0 Å². The molecule has 0 unspecified atom stereocenters. The van der Waals surface area contributed by atoms with Gasteiger partial charge in [0.1, 0.15) is 5.82 Å². The third-order valence-corrected chi connectivity index (χ3v) is 3.34. The Hall–Kier alpha value is -2.93. The van der Waals surface area contributed by atoms with Gasteiger partial charge in [-0.3, -0.25) is 4.79 Å². The second kappa shape index (κ2) is 8.79. The minimum Gasteiger partial charge on any atom is -0.449 e. The number of aliphatic hydroxyl groups is 1. The van der Waals surface area contributed by atoms with Gasteiger partial charge in [0, 0.05) is 17.9 Å². The van der Waals surface area contributed by atoms with E-state index in [1.165, 1.54) is 31.2 Å². The molecule has 0 spiro atoms. The first-order chi connectivity index (χ1) is 12.0. The molecule has 1 amide bonds. The molecule has 0 heterocycles. The van der Waals surface area contributed by atoms with Crippen LogP contribution in [0.5, 0.6) is 0 Å². The van der Waals surface area contributed by atoms with Crippen LogP contribution in [-0.2, 0) is 9.53 Å². The quantitative estimate of drug-likeness (QED) is 0.670. The lowest BCUT2D eigenvalue weighted by atomic mass is 10.1. The highest BCUT2D eigenvalue weighted by Gasteiger charge is 2.20. The Labute approximate surface area is 144 Å². The zero-order valence-corrected chi connectivity index (χ0v) is 13.7. The number of aliphatic hydroxyl groups excluding tert-OH is 1. The molecule has 0 aromatic heterocycles. The smallest absolute Gasteiger partial charge is 0.341 e. The fourth-order valence-electron chi connectivity index (χ4n) is 2.06. The summed E-state index contributed by atoms with van der Waals surface area (Å²) >= 11 is 0. The number of hydrogen-bond donors (Lipinski definition) is 3. The summed E-state index contributed by atoms with van der Waals surface area (Å²) in [5.41, 5.74) is 1.17. The van der Waals surface area contributed by atoms with Crippen LogP contribution < -0.4 is 10.6 Å². The summed E-state index contributed by atoms with van der Waals surface area (Å²) in [6.45, 7) is 1.64. The molecular formula is C18H19FN2O4. The van der Waals surface area contributed by atoms with E-state index in [9.17, 15) is 14.0 Å². The SMILES string of the molecule is C[C@H](OC(=O)c1ccccc1NCCO)C(=O)Nc1ccc(F)cc1. The van der Waals surface area contributed by atoms with Gasteiger partial charge in [0.25, 0.3) is 5.91 Å². The highest BCUT2D eigenvalue weighted by molar-refractivity contribution is 5.99. The number of hydrogen-bond acceptors (Lipinski definition) is 5. The van der Waals surface area contributed by atoms with Gasteiger partial charge in [-0.2, -0.15) is 0 Å². The van der Waals surface area contributed by atoms with Crippen LogP contribution in [0.25, 0.3) is 0 Å². The molecule has 0 fully saturated rings. The van der Waals surface area contributed by atoms with Crippen molar-refractivity contribution < 1.29 is 23.8 Å². The fourth-order valence-corrected chi connectivity index (χ4v) is 2.06. The van der Waals surface area contributed by atoms with Gasteiger partial charge in [-0.25, -0.2) is 9.18 Å². The molecule has 2 aromatic rings. The normalized spacial score (nSPS) is 11.5. The molecule has 0 saturated carbocycles. The van der Waals surface area contributed by atoms with Crippen LogP contribution in [0.4, 0.5) is 15.8 Å². The molecule has 6 nitrogen and oxygen atoms in total. The second-order valence-corrected chi connectivity index (χ2v) is 5.24. The van der Waals surface area contributed by atoms with Crippen molar-refractivity contribution in [1.29, 1.82) is 0 Å². The van der Waals surface area contributed by atoms with Gasteiger partial charge in [-0.1, -0.05) is 12.1 Å². The van der Waals surface area contributed by atoms with Gasteiger partial charge < -0.3 is 20.5 Å². The van der Waals surface area contributed by atoms with Crippen LogP contribution in [-0.4, -0.2) is 36.2 Å². The average Bonchev–Trinajstić information content (AvgIpc) is 2.62. The average molecular weight is 346 g/mol. The summed E-state index contributed by atoms with van der Waals surface area (Å²) in [6, 6.07) is 11.9. The topological polar surface area (TPSA) is 87.7 Å². The number of esters is 1. The lowest BCUT2D eigenvalue weighted by Gasteiger charge is -2.15. The minimum absolute atomic E-state index is 0.0835. The zero-order chi connectivity index (χ0) is 18.2. The second-order valence-electron chi connectivity index (χ2n) is 5.24. The molecule has 1 atom stereocenters. The van der Waals surface area contributed by atoms with Crippen molar-refractivity contribution in [2.24, 2.45) is 0 Å². The van der Waals surface area contributed by atoms with E-state index in [1.807, 2.05) is 0 Å². The van der Waals surface area contributed by atoms with Crippen LogP contribution in [0.2, 0.25) is 0 Å². The predicted octanol–water partition coefficient (Wildman–Crippen LogP) is 2.41. The van der Waals surface area contributed by atoms with Crippen LogP contribution in [0, 0.1) is 5.82 Å². The number of ether oxygens (including phenoxy) is 1. The number of anilines is 2. The van der Waals surface area contributed by atoms with E-state index in [1.54, 1.807) is 24.3 Å². The molecular weight excluding hydrogens is 327 g/mol. The maximum Gasteiger partial charge on any atom is 0.341 e. The molecule has 0 aliphatic heterocycles. The van der Waals surface area contributed by atoms with Gasteiger partial charge in [-0.15, -0.1) is 0 Å². The molecule has 132 valence electrons. The molecule has 0 radical (unpaired) electrons. The summed E-state index contributed by atoms with van der Waals surface area (Å²) in [5.74, 6) is -1.60. The zero-order valence-electron chi connectivity index (χ0n) is 13.7. The molecule has 0 aliphatic rings. The van der Waals surface area contributed by atoms with Gasteiger partial charge in [0.2, 0.25) is 0 Å². The monoisotopic (exact) mass is 346 g/mol. The summed E-state index contributed by atoms with van der Waals surface area (Å²) in [6.07, 6.45) is -1.04. The highest BCUT2D eigenvalue weighted by Crippen LogP contribution is 2.17. The molecule has 7 heteroatoms. The Morgan fingerprint density at radius 1 is 1.16 bits per heavy atom. The minimum atomic E-state index is -1.04. The molecule has 25 heavy (non-hydrogen) atoms. The molecule has 0 bridgehead atoms. The Bertz CT molecular complexity index is 734. The molecule has 0 aliphatic carbocycles. The standard InChI is InChI=1S/C18H19FN2O4/c1-12(17(23)21-14-8-6-13(19)7-9-14)25-18(24)15-4-2-3-5-16(15)20-10-11-22/h2-9,12,20,22H,10-11H2,1H3,(H,21,23)/t12-/m0/s1. The highest BCUT2D eigenvalue weighted by atomic mass is 19.1. The third kappa shape index (κ3) is 5.29. The Morgan fingerprint density at radius 2 is 1.84 bits per heavy atom. The fraction of sp³-hybridized carbons (Fsp3) is 0.222. The number of rotatable bonds is 7. The van der Waals surface area contributed by atoms with Crippen molar-refractivity contribution >= 4 is 23.3 Å². The number of carbonyl (C=O) groups is 2. The third-order valence-electron chi connectivity index (χ3n) is 3.34. The van der Waals surface area contributed by atoms with Gasteiger partial charge in [0.15, 0.2) is 6.10 Å². The number of carbonyl (C=O) groups excluding carboxylic acids is 2. The van der Waals surface area contributed by atoms with Gasteiger partial charge >= 0.3 is 5.97 Å². The van der Waals surface area contributed by atoms with Gasteiger partial charge in [0.05, 0.1) is 12.2 Å². The van der Waals surface area contributed by atoms with Crippen molar-refractivity contribution in [2.75, 3.05) is 23.8 Å². The van der Waals surface area contributed by atoms with E-state index in [2.05, 4.69) is 10.6 Å². The van der Waals surface area contributed by atoms with E-state index in [4.69, 9.17) is 9.84 Å². The lowest BCUT2D eigenvalue weighted by Crippen LogP contribution is -2.30. The largest absolute Gasteiger partial charge is 0.449 e. The van der Waals surface area contributed by atoms with Crippen molar-refractivity contribution in [3.8, 4) is 0 Å². The number of amides is 1. The summed E-state index contributed by atoms with van der Waals surface area (Å²) in [5, 5.41) is 14.3. The molecule has 2 rings (SSSR count). The number of halogens is 1. The first-order valence-corrected chi connectivity index (χ1v) is 7.72. The number of benzene rings is 2. The van der Waals surface area contributed by atoms with E-state index in [0.29, 0.717) is 11.4 Å². The first-order valence-electron chi connectivity index (χ1n) is 7.72. The van der Waals surface area contributed by atoms with Crippen LogP contribution in [0.3, 0.4) is 0 Å². The predicted molar refractivity (Wildman–Crippen MR) is 91.9 cm³/mol. The first kappa shape index (κ1) is 18.4. The van der Waals surface area contributed by atoms with Crippen LogP contribution in [0.1, 0.15) is 17.3 Å². The summed E-state index contributed by atoms with van der Waals surface area (Å²) in [4.78, 5) is 24.4. The maximum absolute atomic E-state index is 12.9. The number of nitrogens with one attached hydrogen (secondary N) is 2. The Balaban J connectivity index is 1.99. The van der Waals surface area contributed by atoms with E-state index in [-0.39, 0.29) is 18.7 Å². The van der Waals surface area contributed by atoms with E-state index >= 15 is 0 Å². The summed E-state index contributed by atoms with van der Waals surface area (Å²) in [7, 11) is 0. The van der Waals surface area contributed by atoms with E-state index in [0.717, 1.165) is 0 Å². The summed E-state index contributed by atoms with van der Waals surface area (Å²) < 4.78 is 18.1. The van der Waals surface area contributed by atoms with Crippen LogP contribution in [0.15, 0.2) is 48.5 Å². The van der Waals surface area contributed by atoms with Crippen molar-refractivity contribution in [3.63, 3.8) is 0 Å². The van der Waals surface area contributed by atoms with Gasteiger partial charge in [-0.05, 0) is 43.3 Å². The van der Waals surface area contributed by atoms with Crippen molar-refractivity contribution in [3.05, 3.63) is 59.9 Å².